The van der Waals surface area contributed by atoms with Crippen LogP contribution in [0.4, 0.5) is 18.9 Å². The maximum Gasteiger partial charge on any atom is 0.289 e. The number of nitrogens with one attached hydrogen (secondary N) is 2. The molecule has 4 rings (SSSR count). The molecule has 1 atom stereocenters. The lowest BCUT2D eigenvalue weighted by atomic mass is 10.0. The summed E-state index contributed by atoms with van der Waals surface area (Å²) in [5, 5.41) is 12.2. The van der Waals surface area contributed by atoms with Crippen LogP contribution < -0.4 is 10.1 Å². The Balaban J connectivity index is 1.59. The third-order valence-electron chi connectivity index (χ3n) is 4.91. The van der Waals surface area contributed by atoms with Gasteiger partial charge in [-0.15, -0.1) is 0 Å². The molecule has 0 aliphatic carbocycles. The van der Waals surface area contributed by atoms with Gasteiger partial charge in [-0.25, -0.2) is 23.1 Å². The largest absolute Gasteiger partial charge is 0.461 e. The zero-order chi connectivity index (χ0) is 22.2. The molecule has 3 heterocycles. The van der Waals surface area contributed by atoms with Gasteiger partial charge in [-0.05, 0) is 17.5 Å². The molecule has 3 N–H and O–H groups in total. The molecule has 0 unspecified atom stereocenters. The fourth-order valence-corrected chi connectivity index (χ4v) is 3.23. The summed E-state index contributed by atoms with van der Waals surface area (Å²) >= 11 is 0. The van der Waals surface area contributed by atoms with Crippen LogP contribution in [-0.4, -0.2) is 46.5 Å². The lowest BCUT2D eigenvalue weighted by Crippen LogP contribution is -2.43. The number of amidine groups is 1. The van der Waals surface area contributed by atoms with Crippen LogP contribution in [0.15, 0.2) is 35.6 Å². The molecule has 3 aromatic rings. The molecule has 31 heavy (non-hydrogen) atoms. The van der Waals surface area contributed by atoms with E-state index in [-0.39, 0.29) is 29.9 Å². The molecule has 164 valence electrons. The van der Waals surface area contributed by atoms with Crippen molar-refractivity contribution in [3.8, 4) is 11.5 Å². The summed E-state index contributed by atoms with van der Waals surface area (Å²) in [6, 6.07) is 3.49. The lowest BCUT2D eigenvalue weighted by Gasteiger charge is -2.26. The van der Waals surface area contributed by atoms with Gasteiger partial charge in [0, 0.05) is 30.2 Å². The number of halogens is 3. The smallest absolute Gasteiger partial charge is 0.289 e. The van der Waals surface area contributed by atoms with Gasteiger partial charge in [0.25, 0.3) is 6.02 Å². The van der Waals surface area contributed by atoms with Crippen molar-refractivity contribution in [2.45, 2.75) is 25.4 Å². The monoisotopic (exact) mass is 434 g/mol. The zero-order valence-electron chi connectivity index (χ0n) is 16.9. The van der Waals surface area contributed by atoms with Crippen LogP contribution in [0.5, 0.6) is 11.5 Å². The highest BCUT2D eigenvalue weighted by Crippen LogP contribution is 2.37. The van der Waals surface area contributed by atoms with Crippen molar-refractivity contribution in [2.24, 2.45) is 4.99 Å². The number of benzene rings is 1. The zero-order valence-corrected chi connectivity index (χ0v) is 16.9. The van der Waals surface area contributed by atoms with Crippen LogP contribution in [0.3, 0.4) is 0 Å². The van der Waals surface area contributed by atoms with Crippen molar-refractivity contribution < 1.29 is 27.8 Å². The Hall–Kier alpha value is -3.27. The molecular weight excluding hydrogens is 413 g/mol. The lowest BCUT2D eigenvalue weighted by molar-refractivity contribution is 0.0181. The standard InChI is InChI=1S/C21H21F3N4O3/c1-11(2)13-7-26-19-17(13)16(3-4-25-19)31-18-14(22)5-12(6-15(18)23)28-20-27-8-21(24,9-29)10-30-20/h3-7,11,29H,8-10H2,1-2H3,(H,25,26)(H,27,28)/t21-/m1/s1. The Bertz CT molecular complexity index is 1130. The van der Waals surface area contributed by atoms with E-state index in [1.165, 1.54) is 6.20 Å². The minimum atomic E-state index is -1.97. The average molecular weight is 434 g/mol. The summed E-state index contributed by atoms with van der Waals surface area (Å²) in [5.74, 6) is -2.03. The Morgan fingerprint density at radius 1 is 1.32 bits per heavy atom. The number of nitrogens with zero attached hydrogens (tertiary/aromatic N) is 2. The Labute approximate surface area is 175 Å². The molecule has 1 aromatic carbocycles. The van der Waals surface area contributed by atoms with Crippen LogP contribution >= 0.6 is 0 Å². The molecular formula is C21H21F3N4O3. The van der Waals surface area contributed by atoms with Crippen LogP contribution in [-0.2, 0) is 4.74 Å². The van der Waals surface area contributed by atoms with Gasteiger partial charge in [0.05, 0.1) is 18.5 Å². The second-order valence-corrected chi connectivity index (χ2v) is 7.65. The number of aliphatic imine (C=N–C) groups is 1. The number of aromatic nitrogens is 2. The van der Waals surface area contributed by atoms with Gasteiger partial charge in [0.2, 0.25) is 0 Å². The van der Waals surface area contributed by atoms with Crippen molar-refractivity contribution in [3.63, 3.8) is 0 Å². The van der Waals surface area contributed by atoms with Crippen molar-refractivity contribution >= 4 is 22.7 Å². The van der Waals surface area contributed by atoms with E-state index in [1.807, 2.05) is 13.8 Å². The Kier molecular flexibility index (Phi) is 5.48. The fraction of sp³-hybridized carbons (Fsp3) is 0.333. The van der Waals surface area contributed by atoms with Crippen LogP contribution in [0.25, 0.3) is 11.0 Å². The van der Waals surface area contributed by atoms with E-state index < -0.39 is 36.3 Å². The SMILES string of the molecule is CC(C)c1c[nH]c2nccc(Oc3c(F)cc(NC4=NC[C@@](F)(CO)CO4)cc3F)c12. The Morgan fingerprint density at radius 3 is 2.68 bits per heavy atom. The molecule has 0 radical (unpaired) electrons. The highest BCUT2D eigenvalue weighted by Gasteiger charge is 2.34. The van der Waals surface area contributed by atoms with E-state index in [0.29, 0.717) is 11.0 Å². The summed E-state index contributed by atoms with van der Waals surface area (Å²) in [5.41, 5.74) is -0.487. The summed E-state index contributed by atoms with van der Waals surface area (Å²) < 4.78 is 54.0. The summed E-state index contributed by atoms with van der Waals surface area (Å²) in [4.78, 5) is 11.1. The van der Waals surface area contributed by atoms with Gasteiger partial charge in [0.1, 0.15) is 18.0 Å². The van der Waals surface area contributed by atoms with Crippen LogP contribution in [0, 0.1) is 11.6 Å². The minimum Gasteiger partial charge on any atom is -0.461 e. The molecule has 2 aromatic heterocycles. The van der Waals surface area contributed by atoms with Crippen molar-refractivity contribution in [1.29, 1.82) is 0 Å². The third-order valence-corrected chi connectivity index (χ3v) is 4.91. The van der Waals surface area contributed by atoms with E-state index in [9.17, 15) is 13.2 Å². The number of ether oxygens (including phenoxy) is 2. The molecule has 10 heteroatoms. The summed E-state index contributed by atoms with van der Waals surface area (Å²) in [6.07, 6.45) is 3.28. The predicted octanol–water partition coefficient (Wildman–Crippen LogP) is 4.26. The normalized spacial score (nSPS) is 18.7. The van der Waals surface area contributed by atoms with E-state index in [1.54, 1.807) is 12.3 Å². The number of aliphatic hydroxyl groups is 1. The number of hydrogen-bond acceptors (Lipinski definition) is 6. The van der Waals surface area contributed by atoms with Gasteiger partial charge >= 0.3 is 0 Å². The van der Waals surface area contributed by atoms with Gasteiger partial charge < -0.3 is 24.9 Å². The molecule has 1 aliphatic rings. The quantitative estimate of drug-likeness (QED) is 0.558. The first-order chi connectivity index (χ1) is 14.8. The maximum absolute atomic E-state index is 14.7. The van der Waals surface area contributed by atoms with Crippen LogP contribution in [0.2, 0.25) is 0 Å². The average Bonchev–Trinajstić information content (AvgIpc) is 3.18. The molecule has 0 amide bonds. The molecule has 0 saturated heterocycles. The van der Waals surface area contributed by atoms with Gasteiger partial charge in [-0.2, -0.15) is 0 Å². The van der Waals surface area contributed by atoms with Crippen LogP contribution in [0.1, 0.15) is 25.3 Å². The first-order valence-electron chi connectivity index (χ1n) is 9.66. The number of hydrogen-bond donors (Lipinski definition) is 3. The van der Waals surface area contributed by atoms with Crippen molar-refractivity contribution in [2.75, 3.05) is 25.1 Å². The highest BCUT2D eigenvalue weighted by atomic mass is 19.1. The molecule has 0 bridgehead atoms. The first kappa shape index (κ1) is 21.0. The molecule has 0 spiro atoms. The predicted molar refractivity (Wildman–Crippen MR) is 109 cm³/mol. The number of H-pyrrole nitrogens is 1. The third kappa shape index (κ3) is 4.15. The number of pyridine rings is 1. The summed E-state index contributed by atoms with van der Waals surface area (Å²) in [6.45, 7) is 2.50. The van der Waals surface area contributed by atoms with Crippen molar-refractivity contribution in [1.82, 2.24) is 9.97 Å². The van der Waals surface area contributed by atoms with E-state index in [0.717, 1.165) is 17.7 Å². The second-order valence-electron chi connectivity index (χ2n) is 7.65. The number of rotatable bonds is 5. The van der Waals surface area contributed by atoms with E-state index in [2.05, 4.69) is 20.3 Å². The highest BCUT2D eigenvalue weighted by molar-refractivity contribution is 5.90. The fourth-order valence-electron chi connectivity index (χ4n) is 3.23. The van der Waals surface area contributed by atoms with E-state index in [4.69, 9.17) is 14.6 Å². The molecule has 7 nitrogen and oxygen atoms in total. The second kappa shape index (κ2) is 8.10. The number of fused-ring (bicyclic) bond motifs is 1. The molecule has 1 aliphatic heterocycles. The van der Waals surface area contributed by atoms with E-state index >= 15 is 0 Å². The topological polar surface area (TPSA) is 91.8 Å². The maximum atomic E-state index is 14.7. The summed E-state index contributed by atoms with van der Waals surface area (Å²) in [7, 11) is 0. The number of alkyl halides is 1. The molecule has 0 fully saturated rings. The van der Waals surface area contributed by atoms with Crippen molar-refractivity contribution in [3.05, 3.63) is 47.8 Å². The van der Waals surface area contributed by atoms with Gasteiger partial charge in [-0.1, -0.05) is 13.8 Å². The molecule has 0 saturated carbocycles. The number of aromatic amines is 1. The number of aliphatic hydroxyl groups excluding tert-OH is 1. The van der Waals surface area contributed by atoms with Gasteiger partial charge in [0.15, 0.2) is 23.1 Å². The Morgan fingerprint density at radius 2 is 2.06 bits per heavy atom. The first-order valence-corrected chi connectivity index (χ1v) is 9.66. The van der Waals surface area contributed by atoms with Gasteiger partial charge in [-0.3, -0.25) is 0 Å². The minimum absolute atomic E-state index is 0.0147. The number of anilines is 1.